The van der Waals surface area contributed by atoms with Crippen molar-refractivity contribution in [2.75, 3.05) is 0 Å². The number of rotatable bonds is 6. The molecule has 0 radical (unpaired) electrons. The van der Waals surface area contributed by atoms with Crippen molar-refractivity contribution < 1.29 is 13.2 Å². The van der Waals surface area contributed by atoms with Crippen LogP contribution in [0.15, 0.2) is 182 Å². The molecule has 0 spiro atoms. The van der Waals surface area contributed by atoms with Crippen molar-refractivity contribution in [2.45, 2.75) is 57.0 Å². The van der Waals surface area contributed by atoms with Crippen LogP contribution in [-0.2, 0) is 16.2 Å². The largest absolute Gasteiger partial charge is 0.402 e. The van der Waals surface area contributed by atoms with Crippen molar-refractivity contribution >= 4 is 0 Å². The summed E-state index contributed by atoms with van der Waals surface area (Å²) in [5.74, 6) is 0. The zero-order valence-electron chi connectivity index (χ0n) is 34.5. The van der Waals surface area contributed by atoms with Crippen molar-refractivity contribution in [2.24, 2.45) is 0 Å². The summed E-state index contributed by atoms with van der Waals surface area (Å²) in [6.07, 6.45) is -4.56. The summed E-state index contributed by atoms with van der Waals surface area (Å²) in [5.41, 5.74) is 15.9. The van der Waals surface area contributed by atoms with Crippen LogP contribution >= 0.6 is 0 Å². The van der Waals surface area contributed by atoms with E-state index in [1.807, 2.05) is 36.4 Å². The summed E-state index contributed by atoms with van der Waals surface area (Å²) in [5, 5.41) is 0. The van der Waals surface area contributed by atoms with Gasteiger partial charge in [0.15, 0.2) is 0 Å². The summed E-state index contributed by atoms with van der Waals surface area (Å²) < 4.78 is 46.5. The van der Waals surface area contributed by atoms with E-state index in [-0.39, 0.29) is 22.0 Å². The van der Waals surface area contributed by atoms with Gasteiger partial charge in [0.25, 0.3) is 0 Å². The standard InChI is InChI=1S/C57H45F3/c1-54(2)50-18-8-6-16-46(50)48-30-28-42(34-52(48)54)38-24-20-36(21-25-38)40-12-10-14-44(32-40)56(5,57(58,59)60)45-15-11-13-41(33-45)37-22-26-39(27-23-37)43-29-31-49-47-17-7-9-19-51(47)55(3,4)53(49)35-43/h6-35H,1-5H3. The average Bonchev–Trinajstić information content (AvgIpc) is 3.64. The van der Waals surface area contributed by atoms with E-state index in [4.69, 9.17) is 0 Å². The second kappa shape index (κ2) is 13.5. The maximum atomic E-state index is 15.5. The fourth-order valence-corrected chi connectivity index (χ4v) is 9.99. The molecule has 60 heavy (non-hydrogen) atoms. The van der Waals surface area contributed by atoms with Crippen molar-refractivity contribution in [3.05, 3.63) is 215 Å². The molecular weight excluding hydrogens is 742 g/mol. The van der Waals surface area contributed by atoms with Gasteiger partial charge in [-0.25, -0.2) is 0 Å². The third kappa shape index (κ3) is 5.81. The highest BCUT2D eigenvalue weighted by atomic mass is 19.4. The Bertz CT molecular complexity index is 2770. The molecule has 8 aromatic carbocycles. The number of fused-ring (bicyclic) bond motifs is 6. The lowest BCUT2D eigenvalue weighted by atomic mass is 9.74. The Hall–Kier alpha value is -6.45. The van der Waals surface area contributed by atoms with E-state index in [1.165, 1.54) is 51.4 Å². The molecule has 8 aromatic rings. The van der Waals surface area contributed by atoms with Gasteiger partial charge in [0, 0.05) is 10.8 Å². The monoisotopic (exact) mass is 786 g/mol. The van der Waals surface area contributed by atoms with Gasteiger partial charge < -0.3 is 0 Å². The molecule has 0 bridgehead atoms. The van der Waals surface area contributed by atoms with Crippen LogP contribution in [0.2, 0.25) is 0 Å². The minimum absolute atomic E-state index is 0.105. The predicted octanol–water partition coefficient (Wildman–Crippen LogP) is 15.8. The molecule has 2 aliphatic rings. The van der Waals surface area contributed by atoms with Gasteiger partial charge in [-0.15, -0.1) is 0 Å². The SMILES string of the molecule is CC1(C)c2ccccc2-c2ccc(-c3ccc(-c4cccc(C(C)(c5cccc(-c6ccc(-c7ccc8c(c7)C(C)(C)c7ccccc7-8)cc6)c5)C(F)(F)F)c4)cc3)cc21. The summed E-state index contributed by atoms with van der Waals surface area (Å²) in [6.45, 7) is 10.4. The van der Waals surface area contributed by atoms with Crippen LogP contribution in [0.1, 0.15) is 68.0 Å². The summed E-state index contributed by atoms with van der Waals surface area (Å²) in [7, 11) is 0. The second-order valence-electron chi connectivity index (χ2n) is 17.8. The molecule has 0 saturated heterocycles. The molecule has 0 N–H and O–H groups in total. The number of benzene rings is 8. The van der Waals surface area contributed by atoms with E-state index in [2.05, 4.69) is 137 Å². The highest BCUT2D eigenvalue weighted by Crippen LogP contribution is 2.52. The molecule has 0 heterocycles. The molecule has 0 saturated carbocycles. The molecule has 0 nitrogen and oxygen atoms in total. The van der Waals surface area contributed by atoms with E-state index in [0.29, 0.717) is 0 Å². The first-order valence-electron chi connectivity index (χ1n) is 20.7. The van der Waals surface area contributed by atoms with Gasteiger partial charge in [-0.05, 0) is 131 Å². The first-order valence-corrected chi connectivity index (χ1v) is 20.7. The molecule has 0 amide bonds. The van der Waals surface area contributed by atoms with Gasteiger partial charge in [-0.2, -0.15) is 13.2 Å². The maximum Gasteiger partial charge on any atom is 0.402 e. The van der Waals surface area contributed by atoms with E-state index in [0.717, 1.165) is 44.5 Å². The number of halogens is 3. The Balaban J connectivity index is 0.930. The van der Waals surface area contributed by atoms with Crippen molar-refractivity contribution in [1.82, 2.24) is 0 Å². The Morgan fingerprint density at radius 1 is 0.317 bits per heavy atom. The Kier molecular flexibility index (Phi) is 8.53. The van der Waals surface area contributed by atoms with Crippen LogP contribution in [0.3, 0.4) is 0 Å². The lowest BCUT2D eigenvalue weighted by molar-refractivity contribution is -0.173. The van der Waals surface area contributed by atoms with Crippen LogP contribution in [-0.4, -0.2) is 6.18 Å². The zero-order chi connectivity index (χ0) is 41.6. The summed E-state index contributed by atoms with van der Waals surface area (Å²) >= 11 is 0. The molecule has 2 aliphatic carbocycles. The molecule has 0 aliphatic heterocycles. The third-order valence-corrected chi connectivity index (χ3v) is 13.7. The molecule has 0 unspecified atom stereocenters. The first-order chi connectivity index (χ1) is 28.7. The molecule has 0 aromatic heterocycles. The fraction of sp³-hybridized carbons (Fsp3) is 0.158. The van der Waals surface area contributed by atoms with E-state index < -0.39 is 11.6 Å². The molecule has 10 rings (SSSR count). The molecule has 294 valence electrons. The van der Waals surface area contributed by atoms with Gasteiger partial charge in [-0.1, -0.05) is 185 Å². The lowest BCUT2D eigenvalue weighted by Gasteiger charge is -2.34. The average molecular weight is 787 g/mol. The number of alkyl halides is 3. The third-order valence-electron chi connectivity index (χ3n) is 13.7. The van der Waals surface area contributed by atoms with Gasteiger partial charge in [-0.3, -0.25) is 0 Å². The van der Waals surface area contributed by atoms with Crippen LogP contribution in [0.5, 0.6) is 0 Å². The Labute approximate surface area is 351 Å². The van der Waals surface area contributed by atoms with Crippen LogP contribution in [0.25, 0.3) is 66.8 Å². The minimum Gasteiger partial charge on any atom is -0.170 e. The van der Waals surface area contributed by atoms with Gasteiger partial charge in [0.05, 0.1) is 0 Å². The fourth-order valence-electron chi connectivity index (χ4n) is 9.99. The van der Waals surface area contributed by atoms with E-state index in [1.54, 1.807) is 36.4 Å². The van der Waals surface area contributed by atoms with Crippen molar-refractivity contribution in [1.29, 1.82) is 0 Å². The summed E-state index contributed by atoms with van der Waals surface area (Å²) in [4.78, 5) is 0. The predicted molar refractivity (Wildman–Crippen MR) is 242 cm³/mol. The van der Waals surface area contributed by atoms with Crippen LogP contribution in [0.4, 0.5) is 13.2 Å². The second-order valence-corrected chi connectivity index (χ2v) is 17.8. The number of hydrogen-bond donors (Lipinski definition) is 0. The van der Waals surface area contributed by atoms with Gasteiger partial charge in [0.1, 0.15) is 5.41 Å². The van der Waals surface area contributed by atoms with Gasteiger partial charge >= 0.3 is 6.18 Å². The normalized spacial score (nSPS) is 14.6. The Morgan fingerprint density at radius 2 is 0.633 bits per heavy atom. The minimum atomic E-state index is -4.56. The smallest absolute Gasteiger partial charge is 0.170 e. The van der Waals surface area contributed by atoms with E-state index in [9.17, 15) is 0 Å². The van der Waals surface area contributed by atoms with Crippen molar-refractivity contribution in [3.8, 4) is 66.8 Å². The van der Waals surface area contributed by atoms with Crippen molar-refractivity contribution in [3.63, 3.8) is 0 Å². The highest BCUT2D eigenvalue weighted by Gasteiger charge is 2.53. The molecule has 3 heteroatoms. The van der Waals surface area contributed by atoms with Gasteiger partial charge in [0.2, 0.25) is 0 Å². The highest BCUT2D eigenvalue weighted by molar-refractivity contribution is 5.85. The maximum absolute atomic E-state index is 15.5. The molecule has 0 fully saturated rings. The summed E-state index contributed by atoms with van der Waals surface area (Å²) in [6, 6.07) is 60.8. The quantitative estimate of drug-likeness (QED) is 0.157. The Morgan fingerprint density at radius 3 is 1.00 bits per heavy atom. The molecular formula is C57H45F3. The zero-order valence-corrected chi connectivity index (χ0v) is 34.5. The first kappa shape index (κ1) is 37.8. The number of hydrogen-bond acceptors (Lipinski definition) is 0. The van der Waals surface area contributed by atoms with E-state index >= 15 is 13.2 Å². The van der Waals surface area contributed by atoms with Crippen LogP contribution in [0, 0.1) is 0 Å². The molecule has 0 atom stereocenters. The lowest BCUT2D eigenvalue weighted by Crippen LogP contribution is -2.40. The topological polar surface area (TPSA) is 0 Å². The van der Waals surface area contributed by atoms with Crippen LogP contribution < -0.4 is 0 Å².